The lowest BCUT2D eigenvalue weighted by Gasteiger charge is -2.33. The van der Waals surface area contributed by atoms with Gasteiger partial charge in [0.1, 0.15) is 0 Å². The molecule has 1 aromatic rings. The second kappa shape index (κ2) is 6.33. The third-order valence-corrected chi connectivity index (χ3v) is 5.29. The molecular weight excluding hydrogens is 256 g/mol. The molecule has 0 bridgehead atoms. The minimum absolute atomic E-state index is 0.431. The van der Waals surface area contributed by atoms with Crippen LogP contribution in [0.4, 0.5) is 0 Å². The molecule has 0 aromatic heterocycles. The van der Waals surface area contributed by atoms with Crippen LogP contribution in [0.25, 0.3) is 5.57 Å². The van der Waals surface area contributed by atoms with E-state index in [1.165, 1.54) is 61.2 Å². The quantitative estimate of drug-likeness (QED) is 0.922. The highest BCUT2D eigenvalue weighted by Crippen LogP contribution is 2.36. The Morgan fingerprint density at radius 2 is 2.00 bits per heavy atom. The van der Waals surface area contributed by atoms with Crippen molar-refractivity contribution in [2.45, 2.75) is 45.1 Å². The number of hydrogen-bond acceptors (Lipinski definition) is 2. The summed E-state index contributed by atoms with van der Waals surface area (Å²) in [5.74, 6) is 0.663. The standard InChI is InChI=1S/C19H28N2/c1-14-3-6-19-15(2)16(4-5-17(19)13-14)7-10-21-11-8-18(20)9-12-21/h3,6,13,16,18H,2,4-5,7-12,20H2,1H3. The van der Waals surface area contributed by atoms with Crippen molar-refractivity contribution < 1.29 is 0 Å². The molecule has 1 heterocycles. The maximum absolute atomic E-state index is 5.98. The van der Waals surface area contributed by atoms with Gasteiger partial charge in [-0.25, -0.2) is 0 Å². The van der Waals surface area contributed by atoms with Gasteiger partial charge in [0.05, 0.1) is 0 Å². The van der Waals surface area contributed by atoms with Crippen molar-refractivity contribution in [3.63, 3.8) is 0 Å². The van der Waals surface area contributed by atoms with Crippen molar-refractivity contribution in [3.05, 3.63) is 41.5 Å². The van der Waals surface area contributed by atoms with E-state index in [1.807, 2.05) is 0 Å². The highest BCUT2D eigenvalue weighted by atomic mass is 15.1. The van der Waals surface area contributed by atoms with E-state index < -0.39 is 0 Å². The first kappa shape index (κ1) is 14.8. The molecule has 1 fully saturated rings. The molecule has 114 valence electrons. The molecule has 1 aliphatic heterocycles. The number of rotatable bonds is 3. The van der Waals surface area contributed by atoms with Gasteiger partial charge in [0.25, 0.3) is 0 Å². The van der Waals surface area contributed by atoms with Crippen LogP contribution >= 0.6 is 0 Å². The van der Waals surface area contributed by atoms with Gasteiger partial charge < -0.3 is 10.6 Å². The zero-order valence-electron chi connectivity index (χ0n) is 13.3. The highest BCUT2D eigenvalue weighted by Gasteiger charge is 2.23. The fourth-order valence-corrected chi connectivity index (χ4v) is 3.80. The van der Waals surface area contributed by atoms with Gasteiger partial charge >= 0.3 is 0 Å². The average molecular weight is 284 g/mol. The zero-order valence-corrected chi connectivity index (χ0v) is 13.3. The van der Waals surface area contributed by atoms with Crippen LogP contribution in [0.15, 0.2) is 24.8 Å². The summed E-state index contributed by atoms with van der Waals surface area (Å²) >= 11 is 0. The van der Waals surface area contributed by atoms with E-state index in [1.54, 1.807) is 0 Å². The Morgan fingerprint density at radius 1 is 1.24 bits per heavy atom. The third kappa shape index (κ3) is 3.38. The molecule has 1 atom stereocenters. The third-order valence-electron chi connectivity index (χ3n) is 5.29. The maximum atomic E-state index is 5.98. The number of allylic oxidation sites excluding steroid dienone is 1. The molecule has 1 saturated heterocycles. The monoisotopic (exact) mass is 284 g/mol. The summed E-state index contributed by atoms with van der Waals surface area (Å²) in [5.41, 5.74) is 11.6. The molecule has 2 heteroatoms. The number of aryl methyl sites for hydroxylation is 2. The number of piperidine rings is 1. The summed E-state index contributed by atoms with van der Waals surface area (Å²) in [7, 11) is 0. The first-order valence-electron chi connectivity index (χ1n) is 8.40. The Bertz CT molecular complexity index is 512. The molecular formula is C19H28N2. The predicted molar refractivity (Wildman–Crippen MR) is 90.3 cm³/mol. The van der Waals surface area contributed by atoms with E-state index >= 15 is 0 Å². The Labute approximate surface area is 129 Å². The van der Waals surface area contributed by atoms with Gasteiger partial charge in [-0.2, -0.15) is 0 Å². The van der Waals surface area contributed by atoms with E-state index in [2.05, 4.69) is 36.6 Å². The molecule has 1 unspecified atom stereocenters. The number of hydrogen-bond donors (Lipinski definition) is 1. The van der Waals surface area contributed by atoms with Gasteiger partial charge in [-0.15, -0.1) is 0 Å². The Hall–Kier alpha value is -1.12. The van der Waals surface area contributed by atoms with E-state index in [-0.39, 0.29) is 0 Å². The second-order valence-corrected chi connectivity index (χ2v) is 6.89. The molecule has 1 aliphatic carbocycles. The number of likely N-dealkylation sites (tertiary alicyclic amines) is 1. The summed E-state index contributed by atoms with van der Waals surface area (Å²) in [6, 6.07) is 7.27. The van der Waals surface area contributed by atoms with Crippen LogP contribution in [-0.4, -0.2) is 30.6 Å². The summed E-state index contributed by atoms with van der Waals surface area (Å²) in [6.45, 7) is 10.1. The van der Waals surface area contributed by atoms with Gasteiger partial charge in [-0.1, -0.05) is 30.3 Å². The highest BCUT2D eigenvalue weighted by molar-refractivity contribution is 5.70. The molecule has 2 aliphatic rings. The fraction of sp³-hybridized carbons (Fsp3) is 0.579. The first-order chi connectivity index (χ1) is 10.1. The Balaban J connectivity index is 1.58. The van der Waals surface area contributed by atoms with Gasteiger partial charge in [0, 0.05) is 6.04 Å². The normalized spacial score (nSPS) is 24.1. The van der Waals surface area contributed by atoms with Gasteiger partial charge in [-0.05, 0) is 81.3 Å². The SMILES string of the molecule is C=C1c2ccc(C)cc2CCC1CCN1CCC(N)CC1. The molecule has 0 radical (unpaired) electrons. The van der Waals surface area contributed by atoms with Crippen LogP contribution in [0.5, 0.6) is 0 Å². The summed E-state index contributed by atoms with van der Waals surface area (Å²) in [4.78, 5) is 2.58. The topological polar surface area (TPSA) is 29.3 Å². The van der Waals surface area contributed by atoms with Gasteiger partial charge in [0.15, 0.2) is 0 Å². The molecule has 21 heavy (non-hydrogen) atoms. The van der Waals surface area contributed by atoms with E-state index in [0.717, 1.165) is 12.8 Å². The van der Waals surface area contributed by atoms with Crippen LogP contribution in [0, 0.1) is 12.8 Å². The smallest absolute Gasteiger partial charge is 0.00631 e. The van der Waals surface area contributed by atoms with E-state index in [4.69, 9.17) is 5.73 Å². The van der Waals surface area contributed by atoms with Crippen LogP contribution in [0.3, 0.4) is 0 Å². The average Bonchev–Trinajstić information content (AvgIpc) is 2.48. The minimum Gasteiger partial charge on any atom is -0.328 e. The van der Waals surface area contributed by atoms with E-state index in [0.29, 0.717) is 12.0 Å². The largest absolute Gasteiger partial charge is 0.328 e. The molecule has 1 aromatic carbocycles. The Kier molecular flexibility index (Phi) is 4.46. The van der Waals surface area contributed by atoms with Crippen molar-refractivity contribution in [2.24, 2.45) is 11.7 Å². The van der Waals surface area contributed by atoms with Crippen molar-refractivity contribution in [2.75, 3.05) is 19.6 Å². The van der Waals surface area contributed by atoms with E-state index in [9.17, 15) is 0 Å². The number of nitrogens with two attached hydrogens (primary N) is 1. The van der Waals surface area contributed by atoms with Crippen LogP contribution in [0.2, 0.25) is 0 Å². The van der Waals surface area contributed by atoms with Crippen molar-refractivity contribution in [1.82, 2.24) is 4.90 Å². The number of benzene rings is 1. The van der Waals surface area contributed by atoms with Gasteiger partial charge in [-0.3, -0.25) is 0 Å². The summed E-state index contributed by atoms with van der Waals surface area (Å²) in [5, 5.41) is 0. The molecule has 0 amide bonds. The lowest BCUT2D eigenvalue weighted by molar-refractivity contribution is 0.203. The Morgan fingerprint density at radius 3 is 2.76 bits per heavy atom. The molecule has 2 nitrogen and oxygen atoms in total. The molecule has 2 N–H and O–H groups in total. The number of fused-ring (bicyclic) bond motifs is 1. The number of nitrogens with zero attached hydrogens (tertiary/aromatic N) is 1. The van der Waals surface area contributed by atoms with Crippen molar-refractivity contribution in [1.29, 1.82) is 0 Å². The zero-order chi connectivity index (χ0) is 14.8. The molecule has 0 spiro atoms. The van der Waals surface area contributed by atoms with Gasteiger partial charge in [0.2, 0.25) is 0 Å². The van der Waals surface area contributed by atoms with Crippen LogP contribution < -0.4 is 5.73 Å². The lowest BCUT2D eigenvalue weighted by atomic mass is 9.78. The van der Waals surface area contributed by atoms with Crippen LogP contribution in [-0.2, 0) is 6.42 Å². The minimum atomic E-state index is 0.431. The first-order valence-corrected chi connectivity index (χ1v) is 8.40. The predicted octanol–water partition coefficient (Wildman–Crippen LogP) is 3.38. The fourth-order valence-electron chi connectivity index (χ4n) is 3.80. The van der Waals surface area contributed by atoms with Crippen molar-refractivity contribution >= 4 is 5.57 Å². The summed E-state index contributed by atoms with van der Waals surface area (Å²) < 4.78 is 0. The lowest BCUT2D eigenvalue weighted by Crippen LogP contribution is -2.40. The second-order valence-electron chi connectivity index (χ2n) is 6.89. The van der Waals surface area contributed by atoms with Crippen molar-refractivity contribution in [3.8, 4) is 0 Å². The molecule has 0 saturated carbocycles. The summed E-state index contributed by atoms with van der Waals surface area (Å²) in [6.07, 6.45) is 6.05. The molecule has 3 rings (SSSR count). The maximum Gasteiger partial charge on any atom is 0.00631 e. The van der Waals surface area contributed by atoms with Crippen LogP contribution in [0.1, 0.15) is 42.4 Å².